The highest BCUT2D eigenvalue weighted by Crippen LogP contribution is 2.39. The number of rotatable bonds is 6. The number of nitriles is 1. The minimum Gasteiger partial charge on any atom is -0.452 e. The van der Waals surface area contributed by atoms with E-state index in [1.54, 1.807) is 13.0 Å². The van der Waals surface area contributed by atoms with Crippen LogP contribution in [0.5, 0.6) is 0 Å². The second kappa shape index (κ2) is 7.05. The zero-order chi connectivity index (χ0) is 16.9. The lowest BCUT2D eigenvalue weighted by Crippen LogP contribution is -2.48. The summed E-state index contributed by atoms with van der Waals surface area (Å²) in [7, 11) is 0. The minimum absolute atomic E-state index is 0.153. The van der Waals surface area contributed by atoms with Gasteiger partial charge >= 0.3 is 5.97 Å². The number of nitrogens with one attached hydrogen (secondary N) is 1. The van der Waals surface area contributed by atoms with Gasteiger partial charge in [0.2, 0.25) is 0 Å². The third kappa shape index (κ3) is 4.92. The van der Waals surface area contributed by atoms with E-state index in [0.29, 0.717) is 5.56 Å². The van der Waals surface area contributed by atoms with Gasteiger partial charge < -0.3 is 10.1 Å². The van der Waals surface area contributed by atoms with Crippen LogP contribution in [-0.2, 0) is 14.3 Å². The summed E-state index contributed by atoms with van der Waals surface area (Å²) in [5.74, 6) is -1.49. The molecule has 1 saturated carbocycles. The predicted molar refractivity (Wildman–Crippen MR) is 81.3 cm³/mol. The van der Waals surface area contributed by atoms with Crippen molar-refractivity contribution < 1.29 is 18.7 Å². The molecule has 0 aromatic heterocycles. The Labute approximate surface area is 133 Å². The molecule has 6 heteroatoms. The summed E-state index contributed by atoms with van der Waals surface area (Å²) in [5.41, 5.74) is -0.404. The maximum absolute atomic E-state index is 13.0. The summed E-state index contributed by atoms with van der Waals surface area (Å²) in [6.45, 7) is 1.20. The number of halogens is 1. The number of carbonyl (C=O) groups is 2. The molecule has 0 heterocycles. The topological polar surface area (TPSA) is 79.2 Å². The van der Waals surface area contributed by atoms with E-state index in [1.165, 1.54) is 24.3 Å². The first-order valence-corrected chi connectivity index (χ1v) is 7.25. The highest BCUT2D eigenvalue weighted by atomic mass is 19.1. The van der Waals surface area contributed by atoms with Crippen molar-refractivity contribution >= 4 is 18.0 Å². The van der Waals surface area contributed by atoms with Gasteiger partial charge in [0, 0.05) is 6.08 Å². The molecule has 2 rings (SSSR count). The van der Waals surface area contributed by atoms with Crippen LogP contribution in [-0.4, -0.2) is 24.0 Å². The highest BCUT2D eigenvalue weighted by molar-refractivity contribution is 5.89. The number of amides is 1. The number of nitrogens with zero attached hydrogens (tertiary/aromatic N) is 1. The SMILES string of the molecule is C[C@](C#N)(NC(=O)COC(=O)/C=C/c1cccc(F)c1)C1CC1. The molecule has 0 spiro atoms. The van der Waals surface area contributed by atoms with Gasteiger partial charge in [0.25, 0.3) is 5.91 Å². The molecule has 0 aliphatic heterocycles. The van der Waals surface area contributed by atoms with Crippen molar-refractivity contribution in [2.24, 2.45) is 5.92 Å². The van der Waals surface area contributed by atoms with Crippen LogP contribution >= 0.6 is 0 Å². The summed E-state index contributed by atoms with van der Waals surface area (Å²) in [4.78, 5) is 23.3. The van der Waals surface area contributed by atoms with E-state index in [-0.39, 0.29) is 5.92 Å². The second-order valence-corrected chi connectivity index (χ2v) is 5.63. The largest absolute Gasteiger partial charge is 0.452 e. The van der Waals surface area contributed by atoms with Crippen LogP contribution in [0.3, 0.4) is 0 Å². The van der Waals surface area contributed by atoms with Crippen LogP contribution in [0.15, 0.2) is 30.3 Å². The molecule has 1 fully saturated rings. The zero-order valence-electron chi connectivity index (χ0n) is 12.7. The molecule has 1 atom stereocenters. The molecule has 5 nitrogen and oxygen atoms in total. The molecule has 23 heavy (non-hydrogen) atoms. The number of carbonyl (C=O) groups excluding carboxylic acids is 2. The number of hydrogen-bond donors (Lipinski definition) is 1. The van der Waals surface area contributed by atoms with E-state index in [9.17, 15) is 14.0 Å². The van der Waals surface area contributed by atoms with Crippen LogP contribution in [0.25, 0.3) is 6.08 Å². The average molecular weight is 316 g/mol. The summed E-state index contributed by atoms with van der Waals surface area (Å²) in [6, 6.07) is 7.81. The fraction of sp³-hybridized carbons (Fsp3) is 0.353. The van der Waals surface area contributed by atoms with Crippen LogP contribution < -0.4 is 5.32 Å². The maximum Gasteiger partial charge on any atom is 0.331 e. The maximum atomic E-state index is 13.0. The van der Waals surface area contributed by atoms with Crippen LogP contribution in [0, 0.1) is 23.1 Å². The third-order valence-corrected chi connectivity index (χ3v) is 3.63. The van der Waals surface area contributed by atoms with Crippen molar-refractivity contribution in [3.8, 4) is 6.07 Å². The first-order chi connectivity index (χ1) is 10.9. The molecule has 0 saturated heterocycles. The lowest BCUT2D eigenvalue weighted by atomic mass is 9.98. The minimum atomic E-state index is -0.916. The summed E-state index contributed by atoms with van der Waals surface area (Å²) in [6.07, 6.45) is 4.32. The average Bonchev–Trinajstić information content (AvgIpc) is 3.36. The molecule has 0 radical (unpaired) electrons. The Kier molecular flexibility index (Phi) is 5.12. The van der Waals surface area contributed by atoms with E-state index in [0.717, 1.165) is 18.9 Å². The van der Waals surface area contributed by atoms with Crippen molar-refractivity contribution in [2.75, 3.05) is 6.61 Å². The van der Waals surface area contributed by atoms with Gasteiger partial charge in [0.05, 0.1) is 6.07 Å². The van der Waals surface area contributed by atoms with Crippen molar-refractivity contribution in [3.63, 3.8) is 0 Å². The van der Waals surface area contributed by atoms with Crippen molar-refractivity contribution in [3.05, 3.63) is 41.7 Å². The summed E-state index contributed by atoms with van der Waals surface area (Å²) >= 11 is 0. The van der Waals surface area contributed by atoms with Gasteiger partial charge in [-0.2, -0.15) is 5.26 Å². The molecular formula is C17H17FN2O3. The monoisotopic (exact) mass is 316 g/mol. The van der Waals surface area contributed by atoms with Crippen LogP contribution in [0.1, 0.15) is 25.3 Å². The Balaban J connectivity index is 1.80. The number of benzene rings is 1. The molecule has 1 aromatic rings. The van der Waals surface area contributed by atoms with Crippen LogP contribution in [0.2, 0.25) is 0 Å². The Morgan fingerprint density at radius 1 is 1.52 bits per heavy atom. The Morgan fingerprint density at radius 3 is 2.87 bits per heavy atom. The lowest BCUT2D eigenvalue weighted by molar-refractivity contribution is -0.144. The number of hydrogen-bond acceptors (Lipinski definition) is 4. The standard InChI is InChI=1S/C17H17FN2O3/c1-17(11-19,13-6-7-13)20-15(21)10-23-16(22)8-5-12-3-2-4-14(18)9-12/h2-5,8-9,13H,6-7,10H2,1H3,(H,20,21)/b8-5+/t17-/m1/s1. The number of ether oxygens (including phenoxy) is 1. The van der Waals surface area contributed by atoms with Gasteiger partial charge in [0.15, 0.2) is 6.61 Å². The summed E-state index contributed by atoms with van der Waals surface area (Å²) in [5, 5.41) is 11.7. The van der Waals surface area contributed by atoms with E-state index in [1.807, 2.05) is 0 Å². The first-order valence-electron chi connectivity index (χ1n) is 7.25. The molecule has 1 aliphatic rings. The fourth-order valence-electron chi connectivity index (χ4n) is 2.17. The van der Waals surface area contributed by atoms with Gasteiger partial charge in [-0.15, -0.1) is 0 Å². The quantitative estimate of drug-likeness (QED) is 0.644. The highest BCUT2D eigenvalue weighted by Gasteiger charge is 2.43. The zero-order valence-corrected chi connectivity index (χ0v) is 12.7. The Morgan fingerprint density at radius 2 is 2.26 bits per heavy atom. The van der Waals surface area contributed by atoms with Crippen molar-refractivity contribution in [1.29, 1.82) is 5.26 Å². The Hall–Kier alpha value is -2.68. The normalized spacial score (nSPS) is 16.4. The molecule has 1 N–H and O–H groups in total. The molecule has 1 aromatic carbocycles. The molecule has 0 bridgehead atoms. The van der Waals surface area contributed by atoms with Gasteiger partial charge in [-0.25, -0.2) is 9.18 Å². The van der Waals surface area contributed by atoms with Crippen LogP contribution in [0.4, 0.5) is 4.39 Å². The molecule has 1 amide bonds. The van der Waals surface area contributed by atoms with Gasteiger partial charge in [-0.3, -0.25) is 4.79 Å². The van der Waals surface area contributed by atoms with Gasteiger partial charge in [-0.05, 0) is 49.5 Å². The molecular weight excluding hydrogens is 299 g/mol. The first kappa shape index (κ1) is 16.7. The van der Waals surface area contributed by atoms with Crippen molar-refractivity contribution in [1.82, 2.24) is 5.32 Å². The number of esters is 1. The fourth-order valence-corrected chi connectivity index (χ4v) is 2.17. The van der Waals surface area contributed by atoms with E-state index >= 15 is 0 Å². The summed E-state index contributed by atoms with van der Waals surface area (Å²) < 4.78 is 17.8. The third-order valence-electron chi connectivity index (χ3n) is 3.63. The van der Waals surface area contributed by atoms with Gasteiger partial charge in [0.1, 0.15) is 11.4 Å². The smallest absolute Gasteiger partial charge is 0.331 e. The van der Waals surface area contributed by atoms with E-state index < -0.39 is 29.8 Å². The van der Waals surface area contributed by atoms with E-state index in [4.69, 9.17) is 10.00 Å². The molecule has 0 unspecified atom stereocenters. The second-order valence-electron chi connectivity index (χ2n) is 5.63. The van der Waals surface area contributed by atoms with E-state index in [2.05, 4.69) is 11.4 Å². The lowest BCUT2D eigenvalue weighted by Gasteiger charge is -2.22. The van der Waals surface area contributed by atoms with Gasteiger partial charge in [-0.1, -0.05) is 12.1 Å². The van der Waals surface area contributed by atoms with Crippen molar-refractivity contribution in [2.45, 2.75) is 25.3 Å². The Bertz CT molecular complexity index is 677. The predicted octanol–water partition coefficient (Wildman–Crippen LogP) is 2.19. The molecule has 120 valence electrons. The molecule has 1 aliphatic carbocycles.